The number of nitrogens with zero attached hydrogens (tertiary/aromatic N) is 3. The molecule has 0 fully saturated rings. The molecule has 0 saturated carbocycles. The van der Waals surface area contributed by atoms with Crippen molar-refractivity contribution in [2.75, 3.05) is 26.9 Å². The topological polar surface area (TPSA) is 69.0 Å². The van der Waals surface area contributed by atoms with Crippen LogP contribution in [0.2, 0.25) is 0 Å². The van der Waals surface area contributed by atoms with Gasteiger partial charge in [-0.25, -0.2) is 4.68 Å². The van der Waals surface area contributed by atoms with Crippen molar-refractivity contribution < 1.29 is 19.3 Å². The Kier molecular flexibility index (Phi) is 9.27. The zero-order valence-electron chi connectivity index (χ0n) is 20.5. The first-order valence-electron chi connectivity index (χ1n) is 11.5. The number of rotatable bonds is 13. The minimum Gasteiger partial charge on any atom is -0.497 e. The minimum absolute atomic E-state index is 0.187. The molecule has 1 unspecified atom stereocenters. The summed E-state index contributed by atoms with van der Waals surface area (Å²) < 4.78 is 18.8. The van der Waals surface area contributed by atoms with Gasteiger partial charge in [0.05, 0.1) is 32.0 Å². The Labute approximate surface area is 202 Å². The average Bonchev–Trinajstić information content (AvgIpc) is 3.14. The molecule has 0 aliphatic heterocycles. The molecule has 2 aromatic carbocycles. The van der Waals surface area contributed by atoms with Crippen LogP contribution in [0.15, 0.2) is 67.3 Å². The highest BCUT2D eigenvalue weighted by atomic mass is 16.5. The monoisotopic (exact) mass is 465 g/mol. The summed E-state index contributed by atoms with van der Waals surface area (Å²) in [6.07, 6.45) is 1.06. The Morgan fingerprint density at radius 2 is 1.76 bits per heavy atom. The number of methoxy groups -OCH3 is 1. The van der Waals surface area contributed by atoms with Crippen LogP contribution in [0, 0.1) is 0 Å². The lowest BCUT2D eigenvalue weighted by atomic mass is 10.1. The van der Waals surface area contributed by atoms with Crippen LogP contribution in [0.25, 0.3) is 11.3 Å². The molecule has 3 rings (SSSR count). The number of ether oxygens (including phenoxy) is 3. The Hall–Kier alpha value is -3.13. The third kappa shape index (κ3) is 6.70. The number of benzene rings is 2. The lowest BCUT2D eigenvalue weighted by Crippen LogP contribution is -2.39. The first kappa shape index (κ1) is 25.5. The highest BCUT2D eigenvalue weighted by Crippen LogP contribution is 2.35. The van der Waals surface area contributed by atoms with Crippen molar-refractivity contribution in [3.8, 4) is 28.6 Å². The normalized spacial score (nSPS) is 12.2. The molecule has 3 aromatic rings. The fourth-order valence-corrected chi connectivity index (χ4v) is 3.68. The van der Waals surface area contributed by atoms with Crippen molar-refractivity contribution in [1.29, 1.82) is 0 Å². The summed E-state index contributed by atoms with van der Waals surface area (Å²) >= 11 is 0. The van der Waals surface area contributed by atoms with Gasteiger partial charge in [0.2, 0.25) is 5.88 Å². The number of hydrogen-bond donors (Lipinski definition) is 1. The van der Waals surface area contributed by atoms with Gasteiger partial charge in [-0.3, -0.25) is 4.90 Å². The Balaban J connectivity index is 1.93. The summed E-state index contributed by atoms with van der Waals surface area (Å²) in [6.45, 7) is 9.55. The maximum atomic E-state index is 10.6. The highest BCUT2D eigenvalue weighted by molar-refractivity contribution is 5.65. The van der Waals surface area contributed by atoms with Gasteiger partial charge in [-0.15, -0.1) is 6.58 Å². The molecule has 0 aliphatic carbocycles. The van der Waals surface area contributed by atoms with Gasteiger partial charge in [0.15, 0.2) is 0 Å². The fraction of sp³-hybridized carbons (Fsp3) is 0.370. The highest BCUT2D eigenvalue weighted by Gasteiger charge is 2.24. The van der Waals surface area contributed by atoms with Gasteiger partial charge in [0, 0.05) is 31.7 Å². The van der Waals surface area contributed by atoms with Crippen molar-refractivity contribution in [3.05, 3.63) is 72.8 Å². The Morgan fingerprint density at radius 1 is 1.09 bits per heavy atom. The lowest BCUT2D eigenvalue weighted by Gasteiger charge is -2.29. The van der Waals surface area contributed by atoms with Gasteiger partial charge >= 0.3 is 0 Å². The molecule has 1 aromatic heterocycles. The summed E-state index contributed by atoms with van der Waals surface area (Å²) in [6, 6.07) is 17.7. The van der Waals surface area contributed by atoms with Gasteiger partial charge < -0.3 is 19.3 Å². The first-order valence-corrected chi connectivity index (χ1v) is 11.5. The van der Waals surface area contributed by atoms with Crippen LogP contribution >= 0.6 is 0 Å². The van der Waals surface area contributed by atoms with Gasteiger partial charge in [-0.2, -0.15) is 5.10 Å². The van der Waals surface area contributed by atoms with Crippen LogP contribution in [0.5, 0.6) is 17.4 Å². The molecule has 7 nitrogen and oxygen atoms in total. The second-order valence-electron chi connectivity index (χ2n) is 8.40. The number of aliphatic hydroxyl groups excluding tert-OH is 1. The molecule has 0 saturated heterocycles. The van der Waals surface area contributed by atoms with E-state index in [9.17, 15) is 5.11 Å². The number of hydrogen-bond acceptors (Lipinski definition) is 6. The number of aromatic nitrogens is 2. The zero-order valence-corrected chi connectivity index (χ0v) is 20.5. The largest absolute Gasteiger partial charge is 0.497 e. The predicted octanol–water partition coefficient (Wildman–Crippen LogP) is 4.66. The fourth-order valence-electron chi connectivity index (χ4n) is 3.68. The standard InChI is InChI=1S/C27H35N3O4/c1-6-16-33-19-22(31)17-30(20(2)3)18-25-26(21-10-8-7-9-11-21)28-29(4)27(25)34-24-14-12-23(32-5)13-15-24/h6-15,20,22,31H,1,16-19H2,2-5H3. The van der Waals surface area contributed by atoms with E-state index in [2.05, 4.69) is 25.3 Å². The summed E-state index contributed by atoms with van der Waals surface area (Å²) in [5, 5.41) is 15.4. The quantitative estimate of drug-likeness (QED) is 0.292. The van der Waals surface area contributed by atoms with Gasteiger partial charge in [-0.1, -0.05) is 36.4 Å². The van der Waals surface area contributed by atoms with E-state index in [1.165, 1.54) is 0 Å². The van der Waals surface area contributed by atoms with Crippen molar-refractivity contribution in [2.45, 2.75) is 32.5 Å². The summed E-state index contributed by atoms with van der Waals surface area (Å²) in [5.74, 6) is 2.12. The first-order chi connectivity index (χ1) is 16.4. The van der Waals surface area contributed by atoms with E-state index in [4.69, 9.17) is 19.3 Å². The van der Waals surface area contributed by atoms with Gasteiger partial charge in [-0.05, 0) is 38.1 Å². The predicted molar refractivity (Wildman–Crippen MR) is 134 cm³/mol. The molecule has 34 heavy (non-hydrogen) atoms. The third-order valence-electron chi connectivity index (χ3n) is 5.49. The van der Waals surface area contributed by atoms with E-state index >= 15 is 0 Å². The average molecular weight is 466 g/mol. The van der Waals surface area contributed by atoms with Crippen LogP contribution in [-0.2, 0) is 18.3 Å². The van der Waals surface area contributed by atoms with E-state index in [1.54, 1.807) is 17.9 Å². The van der Waals surface area contributed by atoms with E-state index in [0.29, 0.717) is 31.3 Å². The maximum Gasteiger partial charge on any atom is 0.222 e. The van der Waals surface area contributed by atoms with Gasteiger partial charge in [0.25, 0.3) is 0 Å². The molecule has 1 heterocycles. The Bertz CT molecular complexity index is 1030. The van der Waals surface area contributed by atoms with E-state index < -0.39 is 6.10 Å². The van der Waals surface area contributed by atoms with E-state index in [1.807, 2.05) is 61.6 Å². The smallest absolute Gasteiger partial charge is 0.222 e. The van der Waals surface area contributed by atoms with Crippen LogP contribution in [0.3, 0.4) is 0 Å². The minimum atomic E-state index is -0.620. The summed E-state index contributed by atoms with van der Waals surface area (Å²) in [4.78, 5) is 2.20. The van der Waals surface area contributed by atoms with Crippen LogP contribution < -0.4 is 9.47 Å². The molecule has 0 radical (unpaired) electrons. The SMILES string of the molecule is C=CCOCC(O)CN(Cc1c(-c2ccccc2)nn(C)c1Oc1ccc(OC)cc1)C(C)C. The second-order valence-corrected chi connectivity index (χ2v) is 8.40. The van der Waals surface area contributed by atoms with Gasteiger partial charge in [0.1, 0.15) is 17.2 Å². The maximum absolute atomic E-state index is 10.6. The molecule has 1 N–H and O–H groups in total. The van der Waals surface area contributed by atoms with Crippen molar-refractivity contribution >= 4 is 0 Å². The molecule has 182 valence electrons. The molecule has 7 heteroatoms. The number of aliphatic hydroxyl groups is 1. The molecule has 0 spiro atoms. The lowest BCUT2D eigenvalue weighted by molar-refractivity contribution is 0.0177. The van der Waals surface area contributed by atoms with Crippen molar-refractivity contribution in [1.82, 2.24) is 14.7 Å². The van der Waals surface area contributed by atoms with Crippen molar-refractivity contribution in [2.24, 2.45) is 7.05 Å². The van der Waals surface area contributed by atoms with Crippen LogP contribution in [0.1, 0.15) is 19.4 Å². The van der Waals surface area contributed by atoms with Crippen LogP contribution in [0.4, 0.5) is 0 Å². The zero-order chi connectivity index (χ0) is 24.5. The molecular weight excluding hydrogens is 430 g/mol. The molecular formula is C27H35N3O4. The Morgan fingerprint density at radius 3 is 2.38 bits per heavy atom. The van der Waals surface area contributed by atoms with Crippen LogP contribution in [-0.4, -0.2) is 58.8 Å². The van der Waals surface area contributed by atoms with Crippen molar-refractivity contribution in [3.63, 3.8) is 0 Å². The molecule has 0 bridgehead atoms. The molecule has 1 atom stereocenters. The van der Waals surface area contributed by atoms with E-state index in [-0.39, 0.29) is 12.6 Å². The summed E-state index contributed by atoms with van der Waals surface area (Å²) in [5.41, 5.74) is 2.82. The molecule has 0 amide bonds. The molecule has 0 aliphatic rings. The second kappa shape index (κ2) is 12.4. The van der Waals surface area contributed by atoms with E-state index in [0.717, 1.165) is 22.6 Å². The summed E-state index contributed by atoms with van der Waals surface area (Å²) in [7, 11) is 3.52. The number of aryl methyl sites for hydroxylation is 1. The third-order valence-corrected chi connectivity index (χ3v) is 5.49.